The summed E-state index contributed by atoms with van der Waals surface area (Å²) in [6.07, 6.45) is 3.81. The Hall–Kier alpha value is -3.00. The topological polar surface area (TPSA) is 128 Å². The molecule has 1 aromatic rings. The van der Waals surface area contributed by atoms with Gasteiger partial charge in [-0.2, -0.15) is 13.2 Å². The number of unbranched alkanes of at least 4 members (excludes halogenated alkanes) is 6. The largest absolute Gasteiger partial charge is 0.416 e. The van der Waals surface area contributed by atoms with Gasteiger partial charge in [0.05, 0.1) is 23.5 Å². The average molecular weight is 614 g/mol. The molecule has 0 bridgehead atoms. The van der Waals surface area contributed by atoms with Crippen LogP contribution in [0, 0.1) is 0 Å². The Kier molecular flexibility index (Phi) is 9.96. The molecule has 2 fully saturated rings. The van der Waals surface area contributed by atoms with E-state index in [9.17, 15) is 36.0 Å². The van der Waals surface area contributed by atoms with Crippen molar-refractivity contribution >= 4 is 39.4 Å². The van der Waals surface area contributed by atoms with Crippen LogP contribution in [0.25, 0.3) is 0 Å². The number of hydrogen-bond donors (Lipinski definition) is 2. The maximum absolute atomic E-state index is 13.9. The molecular weight excluding hydrogens is 575 g/mol. The minimum atomic E-state index is -4.83. The first-order valence-electron chi connectivity index (χ1n) is 14.6. The molecular formula is C28H38F3N5O5S. The number of aryl methyl sites for hydroxylation is 1. The smallest absolute Gasteiger partial charge is 0.328 e. The molecule has 42 heavy (non-hydrogen) atoms. The van der Waals surface area contributed by atoms with Gasteiger partial charge >= 0.3 is 12.2 Å². The van der Waals surface area contributed by atoms with Crippen molar-refractivity contribution in [3.63, 3.8) is 0 Å². The number of rotatable bonds is 13. The number of anilines is 1. The lowest BCUT2D eigenvalue weighted by Gasteiger charge is -2.34. The first kappa shape index (κ1) is 31.9. The fourth-order valence-corrected chi connectivity index (χ4v) is 7.14. The number of imide groups is 1. The van der Waals surface area contributed by atoms with Gasteiger partial charge in [0.25, 0.3) is 11.8 Å². The molecule has 0 unspecified atom stereocenters. The number of hydrogen-bond acceptors (Lipinski definition) is 6. The van der Waals surface area contributed by atoms with Crippen LogP contribution in [-0.4, -0.2) is 67.3 Å². The number of piperidine rings is 1. The van der Waals surface area contributed by atoms with E-state index in [4.69, 9.17) is 0 Å². The lowest BCUT2D eigenvalue weighted by Crippen LogP contribution is -2.50. The zero-order valence-electron chi connectivity index (χ0n) is 23.8. The third-order valence-electron chi connectivity index (χ3n) is 8.12. The third-order valence-corrected chi connectivity index (χ3v) is 9.99. The Labute approximate surface area is 244 Å². The normalized spacial score (nSPS) is 19.4. The molecule has 3 aliphatic heterocycles. The summed E-state index contributed by atoms with van der Waals surface area (Å²) < 4.78 is 69.0. The molecule has 14 heteroatoms. The second-order valence-corrected chi connectivity index (χ2v) is 13.2. The number of carbonyl (C=O) groups is 3. The molecule has 232 valence electrons. The summed E-state index contributed by atoms with van der Waals surface area (Å²) in [6, 6.07) is 2.17. The second-order valence-electron chi connectivity index (χ2n) is 11.1. The number of nitrogens with one attached hydrogen (secondary N) is 2. The van der Waals surface area contributed by atoms with E-state index in [1.54, 1.807) is 0 Å². The number of benzene rings is 1. The van der Waals surface area contributed by atoms with Gasteiger partial charge in [-0.25, -0.2) is 22.4 Å². The van der Waals surface area contributed by atoms with Crippen LogP contribution in [0.2, 0.25) is 0 Å². The number of amides is 4. The summed E-state index contributed by atoms with van der Waals surface area (Å²) in [5.41, 5.74) is -2.60. The number of amidine groups is 1. The first-order chi connectivity index (χ1) is 19.9. The van der Waals surface area contributed by atoms with E-state index >= 15 is 0 Å². The van der Waals surface area contributed by atoms with Crippen LogP contribution in [0.1, 0.15) is 82.3 Å². The molecule has 4 amide bonds. The maximum Gasteiger partial charge on any atom is 0.416 e. The van der Waals surface area contributed by atoms with Crippen LogP contribution >= 0.6 is 0 Å². The molecule has 0 aliphatic carbocycles. The number of alkyl halides is 3. The Morgan fingerprint density at radius 3 is 2.26 bits per heavy atom. The number of halogens is 3. The molecule has 3 heterocycles. The minimum absolute atomic E-state index is 0.0429. The van der Waals surface area contributed by atoms with Gasteiger partial charge in [0, 0.05) is 19.5 Å². The van der Waals surface area contributed by atoms with Crippen molar-refractivity contribution in [2.45, 2.75) is 89.3 Å². The lowest BCUT2D eigenvalue weighted by atomic mass is 9.89. The number of sulfonamides is 1. The summed E-state index contributed by atoms with van der Waals surface area (Å²) in [5.74, 6) is -0.833. The summed E-state index contributed by atoms with van der Waals surface area (Å²) >= 11 is 0. The molecule has 2 saturated heterocycles. The van der Waals surface area contributed by atoms with Crippen molar-refractivity contribution < 1.29 is 36.0 Å². The van der Waals surface area contributed by atoms with E-state index in [0.717, 1.165) is 25.3 Å². The highest BCUT2D eigenvalue weighted by Crippen LogP contribution is 2.36. The van der Waals surface area contributed by atoms with Gasteiger partial charge in [0.15, 0.2) is 0 Å². The molecule has 0 saturated carbocycles. The standard InChI is InChI=1S/C28H38F3N5O5S/c1-2-3-4-5-6-7-8-9-23-33-25(38)27(34-23)13-15-35(16-14-27)42(40,41)17-12-20-10-11-21(18-22(20)28(29,30)31)36-24(37)19-32-26(36)39/h10-11,18H,2-9,12-17,19H2,1H3,(H,32,39)(H,33,34,38). The van der Waals surface area contributed by atoms with E-state index in [1.807, 2.05) is 0 Å². The lowest BCUT2D eigenvalue weighted by molar-refractivity contribution is -0.138. The fraction of sp³-hybridized carbons (Fsp3) is 0.643. The van der Waals surface area contributed by atoms with Gasteiger partial charge in [0.2, 0.25) is 10.0 Å². The molecule has 0 atom stereocenters. The number of urea groups is 1. The van der Waals surface area contributed by atoms with Gasteiger partial charge in [0.1, 0.15) is 11.4 Å². The SMILES string of the molecule is CCCCCCCCCC1=NC2(CCN(S(=O)(=O)CCc3ccc(N4C(=O)CNC4=O)cc3C(F)(F)F)CC2)C(=O)N1. The predicted octanol–water partition coefficient (Wildman–Crippen LogP) is 4.14. The van der Waals surface area contributed by atoms with Gasteiger partial charge in [-0.15, -0.1) is 0 Å². The van der Waals surface area contributed by atoms with Crippen LogP contribution in [0.3, 0.4) is 0 Å². The molecule has 3 aliphatic rings. The number of carbonyl (C=O) groups excluding carboxylic acids is 3. The van der Waals surface area contributed by atoms with Crippen LogP contribution in [0.15, 0.2) is 23.2 Å². The average Bonchev–Trinajstić information content (AvgIpc) is 3.43. The van der Waals surface area contributed by atoms with Gasteiger partial charge in [-0.3, -0.25) is 14.6 Å². The van der Waals surface area contributed by atoms with E-state index in [0.29, 0.717) is 23.2 Å². The van der Waals surface area contributed by atoms with Crippen LogP contribution in [0.4, 0.5) is 23.7 Å². The summed E-state index contributed by atoms with van der Waals surface area (Å²) in [7, 11) is -3.93. The Bertz CT molecular complexity index is 1310. The van der Waals surface area contributed by atoms with Crippen molar-refractivity contribution in [2.24, 2.45) is 4.99 Å². The molecule has 1 spiro atoms. The molecule has 1 aromatic carbocycles. The van der Waals surface area contributed by atoms with E-state index in [-0.39, 0.29) is 49.6 Å². The second kappa shape index (κ2) is 13.1. The van der Waals surface area contributed by atoms with Crippen molar-refractivity contribution in [1.82, 2.24) is 14.9 Å². The molecule has 4 rings (SSSR count). The van der Waals surface area contributed by atoms with Gasteiger partial charge < -0.3 is 10.6 Å². The number of nitrogens with zero attached hydrogens (tertiary/aromatic N) is 3. The zero-order chi connectivity index (χ0) is 30.5. The molecule has 10 nitrogen and oxygen atoms in total. The van der Waals surface area contributed by atoms with Crippen LogP contribution in [0.5, 0.6) is 0 Å². The monoisotopic (exact) mass is 613 g/mol. The van der Waals surface area contributed by atoms with E-state index < -0.39 is 51.4 Å². The fourth-order valence-electron chi connectivity index (χ4n) is 5.66. The summed E-state index contributed by atoms with van der Waals surface area (Å²) in [4.78, 5) is 41.9. The zero-order valence-corrected chi connectivity index (χ0v) is 24.6. The third kappa shape index (κ3) is 7.31. The summed E-state index contributed by atoms with van der Waals surface area (Å²) in [6.45, 7) is 1.95. The highest BCUT2D eigenvalue weighted by molar-refractivity contribution is 7.89. The molecule has 2 N–H and O–H groups in total. The predicted molar refractivity (Wildman–Crippen MR) is 152 cm³/mol. The minimum Gasteiger partial charge on any atom is -0.328 e. The van der Waals surface area contributed by atoms with Crippen molar-refractivity contribution in [3.8, 4) is 0 Å². The highest BCUT2D eigenvalue weighted by Gasteiger charge is 2.47. The summed E-state index contributed by atoms with van der Waals surface area (Å²) in [5, 5.41) is 5.12. The Morgan fingerprint density at radius 2 is 1.64 bits per heavy atom. The van der Waals surface area contributed by atoms with Crippen molar-refractivity contribution in [3.05, 3.63) is 29.3 Å². The first-order valence-corrected chi connectivity index (χ1v) is 16.2. The van der Waals surface area contributed by atoms with Crippen LogP contribution < -0.4 is 15.5 Å². The molecule has 0 radical (unpaired) electrons. The maximum atomic E-state index is 13.9. The van der Waals surface area contributed by atoms with Gasteiger partial charge in [-0.1, -0.05) is 51.5 Å². The number of aliphatic imine (C=N–C) groups is 1. The van der Waals surface area contributed by atoms with Crippen molar-refractivity contribution in [1.29, 1.82) is 0 Å². The Morgan fingerprint density at radius 1 is 0.976 bits per heavy atom. The van der Waals surface area contributed by atoms with E-state index in [2.05, 4.69) is 22.5 Å². The quantitative estimate of drug-likeness (QED) is 0.255. The Balaban J connectivity index is 1.34. The van der Waals surface area contributed by atoms with Crippen LogP contribution in [-0.2, 0) is 32.2 Å². The van der Waals surface area contributed by atoms with E-state index in [1.165, 1.54) is 36.1 Å². The van der Waals surface area contributed by atoms with Gasteiger partial charge in [-0.05, 0) is 43.4 Å². The molecule has 0 aromatic heterocycles. The van der Waals surface area contributed by atoms with Crippen molar-refractivity contribution in [2.75, 3.05) is 30.3 Å². The highest BCUT2D eigenvalue weighted by atomic mass is 32.2.